The first-order valence-electron chi connectivity index (χ1n) is 12.0. The van der Waals surface area contributed by atoms with Gasteiger partial charge in [0.1, 0.15) is 0 Å². The number of nitrogen functional groups attached to an aromatic ring is 1. The Labute approximate surface area is 225 Å². The molecule has 1 amide bonds. The van der Waals surface area contributed by atoms with Gasteiger partial charge in [0.05, 0.1) is 17.3 Å². The number of benzene rings is 3. The average molecular weight is 534 g/mol. The van der Waals surface area contributed by atoms with E-state index in [1.54, 1.807) is 18.2 Å². The number of halogens is 2. The summed E-state index contributed by atoms with van der Waals surface area (Å²) in [5, 5.41) is 7.55. The molecule has 1 fully saturated rings. The van der Waals surface area contributed by atoms with Gasteiger partial charge in [-0.25, -0.2) is 9.80 Å². The number of anilines is 1. The summed E-state index contributed by atoms with van der Waals surface area (Å²) in [6.07, 6.45) is 4.78. The molecular formula is C29H25Cl2N3O3. The Morgan fingerprint density at radius 2 is 1.81 bits per heavy atom. The van der Waals surface area contributed by atoms with Crippen LogP contribution in [0.5, 0.6) is 0 Å². The summed E-state index contributed by atoms with van der Waals surface area (Å²) in [6.45, 7) is -0.436. The van der Waals surface area contributed by atoms with Crippen molar-refractivity contribution in [3.63, 3.8) is 0 Å². The molecule has 3 aromatic rings. The minimum atomic E-state index is -0.616. The van der Waals surface area contributed by atoms with Crippen LogP contribution in [0.3, 0.4) is 0 Å². The fraction of sp³-hybridized carbons (Fsp3) is 0.207. The van der Waals surface area contributed by atoms with Gasteiger partial charge >= 0.3 is 5.97 Å². The highest BCUT2D eigenvalue weighted by Gasteiger charge is 2.43. The lowest BCUT2D eigenvalue weighted by atomic mass is 9.77. The molecule has 37 heavy (non-hydrogen) atoms. The highest BCUT2D eigenvalue weighted by atomic mass is 35.5. The van der Waals surface area contributed by atoms with Crippen molar-refractivity contribution in [2.75, 3.05) is 12.3 Å². The van der Waals surface area contributed by atoms with E-state index in [1.807, 2.05) is 48.5 Å². The number of rotatable bonds is 5. The summed E-state index contributed by atoms with van der Waals surface area (Å²) in [7, 11) is 0. The summed E-state index contributed by atoms with van der Waals surface area (Å²) in [5.74, 6) is -1.01. The van der Waals surface area contributed by atoms with Gasteiger partial charge in [0.15, 0.2) is 6.61 Å². The Morgan fingerprint density at radius 1 is 1.03 bits per heavy atom. The van der Waals surface area contributed by atoms with Crippen LogP contribution in [0.2, 0.25) is 10.0 Å². The zero-order valence-corrected chi connectivity index (χ0v) is 21.5. The van der Waals surface area contributed by atoms with Crippen molar-refractivity contribution in [1.82, 2.24) is 5.01 Å². The summed E-state index contributed by atoms with van der Waals surface area (Å²) in [6, 6.07) is 21.2. The number of esters is 1. The van der Waals surface area contributed by atoms with Crippen LogP contribution in [0.4, 0.5) is 5.69 Å². The first-order valence-corrected chi connectivity index (χ1v) is 12.8. The lowest BCUT2D eigenvalue weighted by Crippen LogP contribution is -2.34. The maximum absolute atomic E-state index is 13.4. The minimum Gasteiger partial charge on any atom is -0.452 e. The Kier molecular flexibility index (Phi) is 7.31. The molecular weight excluding hydrogens is 509 g/mol. The third kappa shape index (κ3) is 5.55. The lowest BCUT2D eigenvalue weighted by molar-refractivity contribution is -0.137. The minimum absolute atomic E-state index is 0.00827. The molecule has 0 aromatic heterocycles. The highest BCUT2D eigenvalue weighted by molar-refractivity contribution is 6.31. The summed E-state index contributed by atoms with van der Waals surface area (Å²) in [4.78, 5) is 25.9. The van der Waals surface area contributed by atoms with Crippen molar-refractivity contribution in [2.45, 2.75) is 25.3 Å². The van der Waals surface area contributed by atoms with E-state index in [9.17, 15) is 9.59 Å². The summed E-state index contributed by atoms with van der Waals surface area (Å²) >= 11 is 12.3. The first-order chi connectivity index (χ1) is 17.9. The molecule has 2 N–H and O–H groups in total. The number of hydrogen-bond donors (Lipinski definition) is 1. The zero-order chi connectivity index (χ0) is 25.9. The number of allylic oxidation sites excluding steroid dienone is 1. The number of fused-ring (bicyclic) bond motifs is 1. The van der Waals surface area contributed by atoms with E-state index in [1.165, 1.54) is 11.1 Å². The zero-order valence-electron chi connectivity index (χ0n) is 19.9. The molecule has 6 nitrogen and oxygen atoms in total. The van der Waals surface area contributed by atoms with Gasteiger partial charge < -0.3 is 10.5 Å². The predicted octanol–water partition coefficient (Wildman–Crippen LogP) is 6.56. The second-order valence-electron chi connectivity index (χ2n) is 9.14. The number of hydrazone groups is 1. The summed E-state index contributed by atoms with van der Waals surface area (Å²) in [5.41, 5.74) is 10.4. The molecule has 0 spiro atoms. The molecule has 2 aliphatic rings. The molecule has 1 aliphatic heterocycles. The van der Waals surface area contributed by atoms with Gasteiger partial charge in [-0.3, -0.25) is 4.79 Å². The fourth-order valence-electron chi connectivity index (χ4n) is 4.94. The van der Waals surface area contributed by atoms with Crippen LogP contribution < -0.4 is 5.73 Å². The smallest absolute Gasteiger partial charge is 0.338 e. The van der Waals surface area contributed by atoms with Crippen LogP contribution in [0, 0.1) is 5.92 Å². The maximum atomic E-state index is 13.4. The first kappa shape index (κ1) is 25.1. The Balaban J connectivity index is 1.44. The molecule has 5 rings (SSSR count). The maximum Gasteiger partial charge on any atom is 0.338 e. The average Bonchev–Trinajstić information content (AvgIpc) is 3.28. The van der Waals surface area contributed by atoms with E-state index >= 15 is 0 Å². The molecule has 0 radical (unpaired) electrons. The number of carbonyl (C=O) groups is 2. The van der Waals surface area contributed by atoms with E-state index in [2.05, 4.69) is 6.08 Å². The summed E-state index contributed by atoms with van der Waals surface area (Å²) < 4.78 is 5.34. The molecule has 3 aromatic carbocycles. The highest BCUT2D eigenvalue weighted by Crippen LogP contribution is 2.44. The number of nitrogens with zero attached hydrogens (tertiary/aromatic N) is 2. The second-order valence-corrected chi connectivity index (χ2v) is 10.0. The van der Waals surface area contributed by atoms with Gasteiger partial charge in [-0.2, -0.15) is 5.10 Å². The fourth-order valence-corrected chi connectivity index (χ4v) is 5.26. The monoisotopic (exact) mass is 533 g/mol. The van der Waals surface area contributed by atoms with E-state index in [-0.39, 0.29) is 17.5 Å². The molecule has 0 bridgehead atoms. The van der Waals surface area contributed by atoms with Gasteiger partial charge in [0.2, 0.25) is 0 Å². The molecule has 188 valence electrons. The second kappa shape index (κ2) is 10.8. The standard InChI is InChI=1S/C29H25Cl2N3O3/c30-22-12-10-19(11-13-22)28-25-9-3-5-20(14-18-4-1-7-23(31)15-18)27(25)33-34(28)26(35)17-37-29(36)21-6-2-8-24(32)16-21/h1-2,4,6-8,10-16,25,28H,3,5,9,17,32H2. The van der Waals surface area contributed by atoms with Crippen molar-refractivity contribution in [3.05, 3.63) is 105 Å². The lowest BCUT2D eigenvalue weighted by Gasteiger charge is -2.29. The van der Waals surface area contributed by atoms with Crippen LogP contribution in [-0.2, 0) is 9.53 Å². The Bertz CT molecular complexity index is 1400. The largest absolute Gasteiger partial charge is 0.452 e. The predicted molar refractivity (Wildman–Crippen MR) is 146 cm³/mol. The van der Waals surface area contributed by atoms with Crippen LogP contribution in [-0.4, -0.2) is 29.2 Å². The number of amides is 1. The molecule has 1 saturated carbocycles. The SMILES string of the molecule is Nc1cccc(C(=O)OCC(=O)N2N=C3C(=Cc4cccc(Cl)c4)CCCC3C2c2ccc(Cl)cc2)c1. The van der Waals surface area contributed by atoms with E-state index in [0.717, 1.165) is 41.7 Å². The molecule has 1 heterocycles. The van der Waals surface area contributed by atoms with E-state index in [0.29, 0.717) is 15.7 Å². The Morgan fingerprint density at radius 3 is 2.57 bits per heavy atom. The van der Waals surface area contributed by atoms with Crippen LogP contribution in [0.25, 0.3) is 6.08 Å². The van der Waals surface area contributed by atoms with E-state index < -0.39 is 18.5 Å². The molecule has 1 aliphatic carbocycles. The van der Waals surface area contributed by atoms with Crippen molar-refractivity contribution in [3.8, 4) is 0 Å². The molecule has 2 unspecified atom stereocenters. The number of hydrogen-bond acceptors (Lipinski definition) is 5. The van der Waals surface area contributed by atoms with Gasteiger partial charge in [-0.05, 0) is 84.5 Å². The number of nitrogens with two attached hydrogens (primary N) is 1. The van der Waals surface area contributed by atoms with Crippen LogP contribution in [0.15, 0.2) is 83.5 Å². The van der Waals surface area contributed by atoms with Gasteiger partial charge in [0.25, 0.3) is 5.91 Å². The van der Waals surface area contributed by atoms with Crippen molar-refractivity contribution >= 4 is 52.6 Å². The van der Waals surface area contributed by atoms with Crippen molar-refractivity contribution in [1.29, 1.82) is 0 Å². The molecule has 8 heteroatoms. The normalized spacial score (nSPS) is 19.9. The van der Waals surface area contributed by atoms with Crippen molar-refractivity contribution < 1.29 is 14.3 Å². The topological polar surface area (TPSA) is 85.0 Å². The van der Waals surface area contributed by atoms with Crippen molar-refractivity contribution in [2.24, 2.45) is 11.0 Å². The third-order valence-electron chi connectivity index (χ3n) is 6.61. The van der Waals surface area contributed by atoms with E-state index in [4.69, 9.17) is 38.8 Å². The van der Waals surface area contributed by atoms with Crippen LogP contribution in [0.1, 0.15) is 46.8 Å². The van der Waals surface area contributed by atoms with Gasteiger partial charge in [-0.15, -0.1) is 0 Å². The van der Waals surface area contributed by atoms with Gasteiger partial charge in [-0.1, -0.05) is 53.5 Å². The number of ether oxygens (including phenoxy) is 1. The Hall–Kier alpha value is -3.61. The number of carbonyl (C=O) groups excluding carboxylic acids is 2. The van der Waals surface area contributed by atoms with Gasteiger partial charge in [0, 0.05) is 21.7 Å². The molecule has 2 atom stereocenters. The third-order valence-corrected chi connectivity index (χ3v) is 7.09. The quantitative estimate of drug-likeness (QED) is 0.297. The molecule has 0 saturated heterocycles. The van der Waals surface area contributed by atoms with Crippen LogP contribution >= 0.6 is 23.2 Å².